The lowest BCUT2D eigenvalue weighted by Gasteiger charge is -2.13. The molecule has 0 aromatic heterocycles. The van der Waals surface area contributed by atoms with Crippen molar-refractivity contribution in [1.29, 1.82) is 0 Å². The highest BCUT2D eigenvalue weighted by molar-refractivity contribution is 9.09. The van der Waals surface area contributed by atoms with E-state index < -0.39 is 0 Å². The number of aliphatic imine (C=N–C) groups is 1. The summed E-state index contributed by atoms with van der Waals surface area (Å²) in [7, 11) is 0. The van der Waals surface area contributed by atoms with Gasteiger partial charge in [0.1, 0.15) is 0 Å². The molecule has 2 amide bonds. The first-order chi connectivity index (χ1) is 6.70. The Labute approximate surface area is 94.3 Å². The maximum Gasteiger partial charge on any atom is 0.258 e. The van der Waals surface area contributed by atoms with Gasteiger partial charge in [0.2, 0.25) is 5.91 Å². The number of amidine groups is 1. The first kappa shape index (κ1) is 10.2. The number of likely N-dealkylation sites (tertiary alicyclic amines) is 1. The molecule has 14 heavy (non-hydrogen) atoms. The standard InChI is InChI=1S/C8H9BrN2O2S/c9-2-5-1-7(13)11(3-5)8-10-6(12)4-14-8/h5H,1-4H2. The highest BCUT2D eigenvalue weighted by Crippen LogP contribution is 2.25. The average molecular weight is 277 g/mol. The van der Waals surface area contributed by atoms with Crippen LogP contribution >= 0.6 is 27.7 Å². The molecule has 0 bridgehead atoms. The van der Waals surface area contributed by atoms with E-state index in [0.717, 1.165) is 5.33 Å². The van der Waals surface area contributed by atoms with E-state index in [1.54, 1.807) is 4.90 Å². The molecule has 0 spiro atoms. The summed E-state index contributed by atoms with van der Waals surface area (Å²) in [5.74, 6) is 0.662. The molecule has 2 aliphatic heterocycles. The maximum atomic E-state index is 11.5. The number of halogens is 1. The van der Waals surface area contributed by atoms with Crippen molar-refractivity contribution in [2.24, 2.45) is 10.9 Å². The zero-order valence-electron chi connectivity index (χ0n) is 7.40. The molecule has 0 aromatic carbocycles. The molecule has 0 saturated carbocycles. The normalized spacial score (nSPS) is 27.4. The van der Waals surface area contributed by atoms with Crippen molar-refractivity contribution in [1.82, 2.24) is 4.90 Å². The van der Waals surface area contributed by atoms with Crippen molar-refractivity contribution in [3.63, 3.8) is 0 Å². The topological polar surface area (TPSA) is 49.7 Å². The van der Waals surface area contributed by atoms with Crippen LogP contribution in [0.15, 0.2) is 4.99 Å². The van der Waals surface area contributed by atoms with Crippen LogP contribution in [0.2, 0.25) is 0 Å². The van der Waals surface area contributed by atoms with E-state index in [4.69, 9.17) is 0 Å². The van der Waals surface area contributed by atoms with Crippen LogP contribution in [0, 0.1) is 5.92 Å². The molecule has 1 unspecified atom stereocenters. The monoisotopic (exact) mass is 276 g/mol. The lowest BCUT2D eigenvalue weighted by molar-refractivity contribution is -0.124. The smallest absolute Gasteiger partial charge is 0.258 e. The van der Waals surface area contributed by atoms with Gasteiger partial charge in [-0.1, -0.05) is 27.7 Å². The van der Waals surface area contributed by atoms with Gasteiger partial charge in [0.05, 0.1) is 5.75 Å². The number of carbonyl (C=O) groups is 2. The third-order valence-electron chi connectivity index (χ3n) is 2.20. The number of alkyl halides is 1. The highest BCUT2D eigenvalue weighted by Gasteiger charge is 2.34. The van der Waals surface area contributed by atoms with Crippen molar-refractivity contribution < 1.29 is 9.59 Å². The van der Waals surface area contributed by atoms with Crippen LogP contribution in [-0.4, -0.2) is 39.5 Å². The Morgan fingerprint density at radius 1 is 1.57 bits per heavy atom. The third kappa shape index (κ3) is 1.86. The second-order valence-corrected chi connectivity index (χ2v) is 4.90. The van der Waals surface area contributed by atoms with Gasteiger partial charge in [0.25, 0.3) is 5.91 Å². The number of carbonyl (C=O) groups excluding carboxylic acids is 2. The zero-order valence-corrected chi connectivity index (χ0v) is 9.81. The van der Waals surface area contributed by atoms with Crippen molar-refractivity contribution in [3.8, 4) is 0 Å². The first-order valence-electron chi connectivity index (χ1n) is 4.31. The average Bonchev–Trinajstić information content (AvgIpc) is 2.71. The molecule has 0 aromatic rings. The van der Waals surface area contributed by atoms with Crippen molar-refractivity contribution in [2.75, 3.05) is 17.6 Å². The molecule has 2 rings (SSSR count). The van der Waals surface area contributed by atoms with E-state index in [0.29, 0.717) is 29.8 Å². The minimum absolute atomic E-state index is 0.0791. The molecule has 0 N–H and O–H groups in total. The predicted molar refractivity (Wildman–Crippen MR) is 58.5 cm³/mol. The Balaban J connectivity index is 2.09. The van der Waals surface area contributed by atoms with Gasteiger partial charge >= 0.3 is 0 Å². The van der Waals surface area contributed by atoms with Gasteiger partial charge in [-0.15, -0.1) is 0 Å². The lowest BCUT2D eigenvalue weighted by Crippen LogP contribution is -2.29. The number of rotatable bonds is 1. The van der Waals surface area contributed by atoms with E-state index in [2.05, 4.69) is 20.9 Å². The largest absolute Gasteiger partial charge is 0.291 e. The van der Waals surface area contributed by atoms with E-state index in [9.17, 15) is 9.59 Å². The minimum atomic E-state index is -0.139. The number of hydrogen-bond acceptors (Lipinski definition) is 3. The molecule has 1 saturated heterocycles. The summed E-state index contributed by atoms with van der Waals surface area (Å²) < 4.78 is 0. The second kappa shape index (κ2) is 4.02. The molecule has 0 aliphatic carbocycles. The molecule has 1 atom stereocenters. The van der Waals surface area contributed by atoms with Crippen LogP contribution < -0.4 is 0 Å². The van der Waals surface area contributed by atoms with Gasteiger partial charge in [-0.25, -0.2) is 0 Å². The van der Waals surface area contributed by atoms with Gasteiger partial charge in [-0.3, -0.25) is 14.5 Å². The molecule has 6 heteroatoms. The van der Waals surface area contributed by atoms with Crippen LogP contribution in [-0.2, 0) is 9.59 Å². The first-order valence-corrected chi connectivity index (χ1v) is 6.42. The molecular formula is C8H9BrN2O2S. The summed E-state index contributed by atoms with van der Waals surface area (Å²) in [4.78, 5) is 27.9. The Morgan fingerprint density at radius 3 is 2.86 bits per heavy atom. The highest BCUT2D eigenvalue weighted by atomic mass is 79.9. The lowest BCUT2D eigenvalue weighted by atomic mass is 10.2. The predicted octanol–water partition coefficient (Wildman–Crippen LogP) is 0.859. The third-order valence-corrected chi connectivity index (χ3v) is 4.08. The molecule has 76 valence electrons. The van der Waals surface area contributed by atoms with E-state index >= 15 is 0 Å². The summed E-state index contributed by atoms with van der Waals surface area (Å²) in [6.45, 7) is 0.684. The van der Waals surface area contributed by atoms with Crippen LogP contribution in [0.1, 0.15) is 6.42 Å². The van der Waals surface area contributed by atoms with Crippen LogP contribution in [0.4, 0.5) is 0 Å². The SMILES string of the molecule is O=C1CSC(N2CC(CBr)CC2=O)=N1. The molecule has 4 nitrogen and oxygen atoms in total. The Kier molecular flexibility index (Phi) is 2.92. The van der Waals surface area contributed by atoms with E-state index in [1.807, 2.05) is 0 Å². The van der Waals surface area contributed by atoms with Crippen LogP contribution in [0.25, 0.3) is 0 Å². The Bertz CT molecular complexity index is 318. The van der Waals surface area contributed by atoms with Crippen LogP contribution in [0.5, 0.6) is 0 Å². The summed E-state index contributed by atoms with van der Waals surface area (Å²) in [5.41, 5.74) is 0. The molecule has 0 radical (unpaired) electrons. The summed E-state index contributed by atoms with van der Waals surface area (Å²) in [5, 5.41) is 1.41. The quantitative estimate of drug-likeness (QED) is 0.668. The van der Waals surface area contributed by atoms with Crippen molar-refractivity contribution >= 4 is 44.7 Å². The van der Waals surface area contributed by atoms with Crippen LogP contribution in [0.3, 0.4) is 0 Å². The van der Waals surface area contributed by atoms with Crippen molar-refractivity contribution in [3.05, 3.63) is 0 Å². The van der Waals surface area contributed by atoms with Crippen molar-refractivity contribution in [2.45, 2.75) is 6.42 Å². The van der Waals surface area contributed by atoms with Gasteiger partial charge < -0.3 is 0 Å². The number of amides is 2. The summed E-state index contributed by atoms with van der Waals surface area (Å²) >= 11 is 4.71. The maximum absolute atomic E-state index is 11.5. The molecule has 2 heterocycles. The van der Waals surface area contributed by atoms with Gasteiger partial charge in [0.15, 0.2) is 5.17 Å². The van der Waals surface area contributed by atoms with Gasteiger partial charge in [-0.2, -0.15) is 4.99 Å². The molecule has 2 aliphatic rings. The Hall–Kier alpha value is -0.360. The van der Waals surface area contributed by atoms with Gasteiger partial charge in [0, 0.05) is 18.3 Å². The number of nitrogens with zero attached hydrogens (tertiary/aromatic N) is 2. The molecular weight excluding hydrogens is 268 g/mol. The van der Waals surface area contributed by atoms with Gasteiger partial charge in [-0.05, 0) is 5.92 Å². The minimum Gasteiger partial charge on any atom is -0.291 e. The van der Waals surface area contributed by atoms with E-state index in [1.165, 1.54) is 11.8 Å². The zero-order chi connectivity index (χ0) is 10.1. The fourth-order valence-corrected chi connectivity index (χ4v) is 2.75. The fraction of sp³-hybridized carbons (Fsp3) is 0.625. The Morgan fingerprint density at radius 2 is 2.36 bits per heavy atom. The van der Waals surface area contributed by atoms with E-state index in [-0.39, 0.29) is 11.8 Å². The summed E-state index contributed by atoms with van der Waals surface area (Å²) in [6.07, 6.45) is 0.555. The summed E-state index contributed by atoms with van der Waals surface area (Å²) in [6, 6.07) is 0. The molecule has 1 fully saturated rings. The second-order valence-electron chi connectivity index (χ2n) is 3.31. The number of hydrogen-bond donors (Lipinski definition) is 0. The number of thioether (sulfide) groups is 1. The fourth-order valence-electron chi connectivity index (χ4n) is 1.51.